The molecule has 0 aliphatic heterocycles. The maximum atomic E-state index is 10.3. The molecule has 0 radical (unpaired) electrons. The largest absolute Gasteiger partial charge is 0.481 e. The van der Waals surface area contributed by atoms with E-state index < -0.39 is 12.1 Å². The first-order valence-corrected chi connectivity index (χ1v) is 6.34. The minimum Gasteiger partial charge on any atom is -0.481 e. The Balaban J connectivity index is 2.51. The molecule has 0 saturated heterocycles. The highest BCUT2D eigenvalue weighted by atomic mass is 79.9. The first kappa shape index (κ1) is 13.3. The Hall–Kier alpha value is -0.720. The molecule has 4 N–H and O–H groups in total. The number of anilines is 1. The first-order valence-electron chi connectivity index (χ1n) is 4.56. The van der Waals surface area contributed by atoms with Crippen LogP contribution in [-0.4, -0.2) is 28.0 Å². The van der Waals surface area contributed by atoms with Gasteiger partial charge in [0, 0.05) is 20.8 Å². The molecule has 1 unspecified atom stereocenters. The minimum atomic E-state index is -0.996. The van der Waals surface area contributed by atoms with Gasteiger partial charge in [0.15, 0.2) is 0 Å². The summed E-state index contributed by atoms with van der Waals surface area (Å²) in [5.74, 6) is -0.654. The molecule has 0 aromatic heterocycles. The smallest absolute Gasteiger partial charge is 0.306 e. The number of nitrogen functional groups attached to an aromatic ring is 1. The van der Waals surface area contributed by atoms with Gasteiger partial charge in [-0.2, -0.15) is 0 Å². The molecule has 1 atom stereocenters. The number of halogens is 1. The van der Waals surface area contributed by atoms with Crippen molar-refractivity contribution in [3.8, 4) is 0 Å². The summed E-state index contributed by atoms with van der Waals surface area (Å²) in [6, 6.07) is 5.36. The Morgan fingerprint density at radius 1 is 1.56 bits per heavy atom. The predicted molar refractivity (Wildman–Crippen MR) is 67.5 cm³/mol. The van der Waals surface area contributed by atoms with Gasteiger partial charge >= 0.3 is 5.97 Å². The van der Waals surface area contributed by atoms with Crippen LogP contribution in [0.2, 0.25) is 0 Å². The van der Waals surface area contributed by atoms with E-state index in [1.165, 1.54) is 11.8 Å². The summed E-state index contributed by atoms with van der Waals surface area (Å²) in [5, 5.41) is 17.9. The molecule has 0 spiro atoms. The fraction of sp³-hybridized carbons (Fsp3) is 0.300. The normalized spacial score (nSPS) is 12.4. The molecule has 0 saturated carbocycles. The summed E-state index contributed by atoms with van der Waals surface area (Å²) in [5.41, 5.74) is 6.24. The van der Waals surface area contributed by atoms with Gasteiger partial charge in [0.1, 0.15) is 0 Å². The van der Waals surface area contributed by atoms with E-state index in [-0.39, 0.29) is 6.42 Å². The Kier molecular flexibility index (Phi) is 5.11. The SMILES string of the molecule is Nc1ccc(SCC(O)CC(=O)O)c(Br)c1. The van der Waals surface area contributed by atoms with E-state index in [9.17, 15) is 9.90 Å². The van der Waals surface area contributed by atoms with Crippen LogP contribution in [0.25, 0.3) is 0 Å². The van der Waals surface area contributed by atoms with Crippen LogP contribution in [0.1, 0.15) is 6.42 Å². The van der Waals surface area contributed by atoms with Crippen molar-refractivity contribution in [2.24, 2.45) is 0 Å². The maximum Gasteiger partial charge on any atom is 0.306 e. The lowest BCUT2D eigenvalue weighted by Crippen LogP contribution is -2.15. The fourth-order valence-electron chi connectivity index (χ4n) is 1.08. The zero-order chi connectivity index (χ0) is 12.1. The third-order valence-electron chi connectivity index (χ3n) is 1.80. The second kappa shape index (κ2) is 6.12. The summed E-state index contributed by atoms with van der Waals surface area (Å²) >= 11 is 4.74. The van der Waals surface area contributed by atoms with Crippen LogP contribution in [0.15, 0.2) is 27.6 Å². The van der Waals surface area contributed by atoms with Gasteiger partial charge in [-0.05, 0) is 34.1 Å². The third-order valence-corrected chi connectivity index (χ3v) is 3.93. The predicted octanol–water partition coefficient (Wildman–Crippen LogP) is 1.96. The zero-order valence-corrected chi connectivity index (χ0v) is 10.8. The highest BCUT2D eigenvalue weighted by Crippen LogP contribution is 2.29. The zero-order valence-electron chi connectivity index (χ0n) is 8.39. The highest BCUT2D eigenvalue weighted by Gasteiger charge is 2.10. The van der Waals surface area contributed by atoms with Crippen LogP contribution in [0, 0.1) is 0 Å². The van der Waals surface area contributed by atoms with E-state index in [2.05, 4.69) is 15.9 Å². The van der Waals surface area contributed by atoms with Crippen molar-refractivity contribution in [3.05, 3.63) is 22.7 Å². The summed E-state index contributed by atoms with van der Waals surface area (Å²) in [6.45, 7) is 0. The van der Waals surface area contributed by atoms with E-state index in [0.717, 1.165) is 9.37 Å². The quantitative estimate of drug-likeness (QED) is 0.572. The van der Waals surface area contributed by atoms with Gasteiger partial charge in [-0.1, -0.05) is 0 Å². The van der Waals surface area contributed by atoms with Gasteiger partial charge in [-0.3, -0.25) is 4.79 Å². The maximum absolute atomic E-state index is 10.3. The van der Waals surface area contributed by atoms with Gasteiger partial charge in [0.2, 0.25) is 0 Å². The van der Waals surface area contributed by atoms with Crippen molar-refractivity contribution in [1.29, 1.82) is 0 Å². The van der Waals surface area contributed by atoms with Crippen LogP contribution < -0.4 is 5.73 Å². The van der Waals surface area contributed by atoms with Crippen LogP contribution in [-0.2, 0) is 4.79 Å². The van der Waals surface area contributed by atoms with Gasteiger partial charge in [0.25, 0.3) is 0 Å². The number of nitrogens with two attached hydrogens (primary N) is 1. The third kappa shape index (κ3) is 4.42. The molecule has 6 heteroatoms. The molecule has 1 aromatic rings. The Bertz CT molecular complexity index is 386. The number of aliphatic hydroxyl groups is 1. The number of aliphatic hydroxyl groups excluding tert-OH is 1. The molecule has 0 heterocycles. The highest BCUT2D eigenvalue weighted by molar-refractivity contribution is 9.10. The fourth-order valence-corrected chi connectivity index (χ4v) is 2.67. The van der Waals surface area contributed by atoms with E-state index >= 15 is 0 Å². The standard InChI is InChI=1S/C10H12BrNO3S/c11-8-3-6(12)1-2-9(8)16-5-7(13)4-10(14)15/h1-3,7,13H,4-5,12H2,(H,14,15). The molecule has 4 nitrogen and oxygen atoms in total. The van der Waals surface area contributed by atoms with E-state index in [1.54, 1.807) is 12.1 Å². The summed E-state index contributed by atoms with van der Waals surface area (Å²) < 4.78 is 0.847. The second-order valence-corrected chi connectivity index (χ2v) is 5.17. The number of hydrogen-bond acceptors (Lipinski definition) is 4. The van der Waals surface area contributed by atoms with Crippen molar-refractivity contribution in [1.82, 2.24) is 0 Å². The molecule has 0 aliphatic carbocycles. The van der Waals surface area contributed by atoms with Crippen LogP contribution in [0.5, 0.6) is 0 Å². The van der Waals surface area contributed by atoms with Crippen LogP contribution in [0.3, 0.4) is 0 Å². The molecular formula is C10H12BrNO3S. The Morgan fingerprint density at radius 3 is 2.81 bits per heavy atom. The first-order chi connectivity index (χ1) is 7.49. The number of hydrogen-bond donors (Lipinski definition) is 3. The van der Waals surface area contributed by atoms with Crippen molar-refractivity contribution in [2.45, 2.75) is 17.4 Å². The molecule has 0 aliphatic rings. The number of benzene rings is 1. The monoisotopic (exact) mass is 305 g/mol. The van der Waals surface area contributed by atoms with E-state index in [4.69, 9.17) is 10.8 Å². The number of rotatable bonds is 5. The topological polar surface area (TPSA) is 83.5 Å². The van der Waals surface area contributed by atoms with E-state index in [0.29, 0.717) is 11.4 Å². The van der Waals surface area contributed by atoms with Gasteiger partial charge < -0.3 is 15.9 Å². The molecule has 88 valence electrons. The van der Waals surface area contributed by atoms with Crippen molar-refractivity contribution < 1.29 is 15.0 Å². The summed E-state index contributed by atoms with van der Waals surface area (Å²) in [4.78, 5) is 11.3. The van der Waals surface area contributed by atoms with Crippen LogP contribution >= 0.6 is 27.7 Å². The van der Waals surface area contributed by atoms with E-state index in [1.807, 2.05) is 6.07 Å². The molecular weight excluding hydrogens is 294 g/mol. The Morgan fingerprint density at radius 2 is 2.25 bits per heavy atom. The van der Waals surface area contributed by atoms with Crippen LogP contribution in [0.4, 0.5) is 5.69 Å². The average Bonchev–Trinajstić information content (AvgIpc) is 2.15. The number of carboxylic acids is 1. The number of carboxylic acid groups (broad SMARTS) is 1. The lowest BCUT2D eigenvalue weighted by Gasteiger charge is -2.09. The number of thioether (sulfide) groups is 1. The van der Waals surface area contributed by atoms with Crippen molar-refractivity contribution >= 4 is 39.3 Å². The molecule has 0 fully saturated rings. The molecule has 1 rings (SSSR count). The van der Waals surface area contributed by atoms with Gasteiger partial charge in [-0.25, -0.2) is 0 Å². The summed E-state index contributed by atoms with van der Waals surface area (Å²) in [7, 11) is 0. The van der Waals surface area contributed by atoms with Gasteiger partial charge in [0.05, 0.1) is 12.5 Å². The van der Waals surface area contributed by atoms with Crippen molar-refractivity contribution in [3.63, 3.8) is 0 Å². The van der Waals surface area contributed by atoms with Crippen molar-refractivity contribution in [2.75, 3.05) is 11.5 Å². The second-order valence-electron chi connectivity index (χ2n) is 3.25. The minimum absolute atomic E-state index is 0.237. The van der Waals surface area contributed by atoms with Gasteiger partial charge in [-0.15, -0.1) is 11.8 Å². The molecule has 0 bridgehead atoms. The lowest BCUT2D eigenvalue weighted by atomic mass is 10.3. The molecule has 16 heavy (non-hydrogen) atoms. The summed E-state index contributed by atoms with van der Waals surface area (Å²) in [6.07, 6.45) is -1.08. The lowest BCUT2D eigenvalue weighted by molar-refractivity contribution is -0.138. The molecule has 1 aromatic carbocycles. The molecule has 0 amide bonds. The Labute approximate surface area is 106 Å². The average molecular weight is 306 g/mol. The number of carbonyl (C=O) groups is 1. The number of aliphatic carboxylic acids is 1.